The molecule has 0 aromatic carbocycles. The van der Waals surface area contributed by atoms with Crippen LogP contribution in [0.4, 0.5) is 0 Å². The average Bonchev–Trinajstić information content (AvgIpc) is 2.01. The molecule has 0 saturated heterocycles. The summed E-state index contributed by atoms with van der Waals surface area (Å²) in [6.07, 6.45) is 0. The van der Waals surface area contributed by atoms with E-state index in [2.05, 4.69) is 17.2 Å². The molecule has 0 aliphatic rings. The van der Waals surface area contributed by atoms with Gasteiger partial charge in [-0.05, 0) is 18.7 Å². The zero-order valence-corrected chi connectivity index (χ0v) is 7.23. The lowest BCUT2D eigenvalue weighted by molar-refractivity contribution is 0.711. The molecule has 0 aliphatic heterocycles. The van der Waals surface area contributed by atoms with Gasteiger partial charge in [-0.3, -0.25) is 0 Å². The molecule has 0 fully saturated rings. The molecule has 60 valence electrons. The Hall–Kier alpha value is -0.600. The summed E-state index contributed by atoms with van der Waals surface area (Å²) in [5, 5.41) is 3.73. The number of nitrogens with one attached hydrogen (secondary N) is 1. The monoisotopic (exact) mass is 170 g/mol. The maximum Gasteiger partial charge on any atom is 0.129 e. The third-order valence-electron chi connectivity index (χ3n) is 1.33. The highest BCUT2D eigenvalue weighted by molar-refractivity contribution is 6.29. The average molecular weight is 171 g/mol. The Morgan fingerprint density at radius 1 is 1.55 bits per heavy atom. The number of aromatic nitrogens is 1. The van der Waals surface area contributed by atoms with Crippen molar-refractivity contribution in [3.63, 3.8) is 0 Å². The van der Waals surface area contributed by atoms with Gasteiger partial charge in [-0.25, -0.2) is 4.98 Å². The predicted molar refractivity (Wildman–Crippen MR) is 46.6 cm³/mol. The van der Waals surface area contributed by atoms with Crippen LogP contribution in [0.2, 0.25) is 5.15 Å². The van der Waals surface area contributed by atoms with Crippen LogP contribution in [0.25, 0.3) is 0 Å². The lowest BCUT2D eigenvalue weighted by Gasteiger charge is -1.99. The summed E-state index contributed by atoms with van der Waals surface area (Å²) in [5.74, 6) is 0. The number of nitrogens with zero attached hydrogens (tertiary/aromatic N) is 1. The summed E-state index contributed by atoms with van der Waals surface area (Å²) < 4.78 is 0. The molecular weight excluding hydrogens is 160 g/mol. The van der Waals surface area contributed by atoms with Gasteiger partial charge in [0, 0.05) is 6.54 Å². The van der Waals surface area contributed by atoms with Crippen molar-refractivity contribution < 1.29 is 0 Å². The van der Waals surface area contributed by atoms with Crippen LogP contribution in [0.5, 0.6) is 0 Å². The van der Waals surface area contributed by atoms with Crippen LogP contribution in [0.15, 0.2) is 18.2 Å². The molecule has 0 aliphatic carbocycles. The van der Waals surface area contributed by atoms with Crippen LogP contribution in [-0.4, -0.2) is 11.5 Å². The Morgan fingerprint density at radius 2 is 2.36 bits per heavy atom. The summed E-state index contributed by atoms with van der Waals surface area (Å²) in [6.45, 7) is 3.80. The fraction of sp³-hybridized carbons (Fsp3) is 0.375. The number of hydrogen-bond acceptors (Lipinski definition) is 2. The van der Waals surface area contributed by atoms with E-state index in [1.807, 2.05) is 12.1 Å². The van der Waals surface area contributed by atoms with Crippen LogP contribution < -0.4 is 5.32 Å². The summed E-state index contributed by atoms with van der Waals surface area (Å²) in [5.41, 5.74) is 0.986. The quantitative estimate of drug-likeness (QED) is 0.701. The van der Waals surface area contributed by atoms with E-state index in [1.165, 1.54) is 0 Å². The molecule has 0 spiro atoms. The first kappa shape index (κ1) is 8.50. The highest BCUT2D eigenvalue weighted by Gasteiger charge is 1.92. The Labute approximate surface area is 71.6 Å². The molecule has 0 radical (unpaired) electrons. The third kappa shape index (κ3) is 2.87. The maximum atomic E-state index is 5.68. The fourth-order valence-corrected chi connectivity index (χ4v) is 0.983. The Balaban J connectivity index is 2.56. The lowest BCUT2D eigenvalue weighted by atomic mass is 10.3. The van der Waals surface area contributed by atoms with E-state index in [-0.39, 0.29) is 0 Å². The van der Waals surface area contributed by atoms with Gasteiger partial charge in [-0.15, -0.1) is 0 Å². The molecular formula is C8H11ClN2. The van der Waals surface area contributed by atoms with Crippen molar-refractivity contribution >= 4 is 11.6 Å². The van der Waals surface area contributed by atoms with Crippen LogP contribution in [0.1, 0.15) is 12.6 Å². The normalized spacial score (nSPS) is 10.0. The van der Waals surface area contributed by atoms with E-state index >= 15 is 0 Å². The van der Waals surface area contributed by atoms with E-state index in [0.29, 0.717) is 5.15 Å². The summed E-state index contributed by atoms with van der Waals surface area (Å²) in [6, 6.07) is 5.63. The number of hydrogen-bond donors (Lipinski definition) is 1. The Kier molecular flexibility index (Phi) is 3.33. The van der Waals surface area contributed by atoms with Crippen molar-refractivity contribution in [3.8, 4) is 0 Å². The highest BCUT2D eigenvalue weighted by Crippen LogP contribution is 2.04. The van der Waals surface area contributed by atoms with Gasteiger partial charge in [0.1, 0.15) is 5.15 Å². The number of pyridine rings is 1. The largest absolute Gasteiger partial charge is 0.311 e. The van der Waals surface area contributed by atoms with Crippen molar-refractivity contribution in [1.29, 1.82) is 0 Å². The molecule has 0 bridgehead atoms. The van der Waals surface area contributed by atoms with E-state index in [4.69, 9.17) is 11.6 Å². The van der Waals surface area contributed by atoms with Gasteiger partial charge in [0.15, 0.2) is 0 Å². The fourth-order valence-electron chi connectivity index (χ4n) is 0.802. The molecule has 3 heteroatoms. The van der Waals surface area contributed by atoms with Crippen LogP contribution in [0, 0.1) is 0 Å². The van der Waals surface area contributed by atoms with Crippen molar-refractivity contribution in [2.75, 3.05) is 6.54 Å². The van der Waals surface area contributed by atoms with Crippen molar-refractivity contribution in [2.45, 2.75) is 13.5 Å². The molecule has 0 atom stereocenters. The predicted octanol–water partition coefficient (Wildman–Crippen LogP) is 1.84. The topological polar surface area (TPSA) is 24.9 Å². The van der Waals surface area contributed by atoms with Crippen molar-refractivity contribution in [2.24, 2.45) is 0 Å². The zero-order valence-electron chi connectivity index (χ0n) is 6.47. The molecule has 1 N–H and O–H groups in total. The molecule has 1 heterocycles. The molecule has 1 rings (SSSR count). The molecule has 1 aromatic rings. The summed E-state index contributed by atoms with van der Waals surface area (Å²) in [4.78, 5) is 4.11. The minimum absolute atomic E-state index is 0.556. The lowest BCUT2D eigenvalue weighted by Crippen LogP contribution is -2.12. The van der Waals surface area contributed by atoms with Gasteiger partial charge in [0.05, 0.1) is 5.69 Å². The molecule has 0 unspecified atom stereocenters. The van der Waals surface area contributed by atoms with E-state index < -0.39 is 0 Å². The summed E-state index contributed by atoms with van der Waals surface area (Å²) >= 11 is 5.68. The number of halogens is 1. The second-order valence-corrected chi connectivity index (χ2v) is 2.62. The first-order valence-corrected chi connectivity index (χ1v) is 4.03. The standard InChI is InChI=1S/C8H11ClN2/c1-2-10-6-7-4-3-5-8(9)11-7/h3-5,10H,2,6H2,1H3. The molecule has 2 nitrogen and oxygen atoms in total. The SMILES string of the molecule is CCNCc1cccc(Cl)n1. The second kappa shape index (κ2) is 4.31. The van der Waals surface area contributed by atoms with Crippen molar-refractivity contribution in [1.82, 2.24) is 10.3 Å². The number of rotatable bonds is 3. The second-order valence-electron chi connectivity index (χ2n) is 2.23. The first-order chi connectivity index (χ1) is 5.33. The third-order valence-corrected chi connectivity index (χ3v) is 1.54. The van der Waals surface area contributed by atoms with Gasteiger partial charge in [0.2, 0.25) is 0 Å². The van der Waals surface area contributed by atoms with Crippen molar-refractivity contribution in [3.05, 3.63) is 29.0 Å². The Morgan fingerprint density at radius 3 is 3.00 bits per heavy atom. The van der Waals surface area contributed by atoms with Crippen LogP contribution in [-0.2, 0) is 6.54 Å². The zero-order chi connectivity index (χ0) is 8.10. The van der Waals surface area contributed by atoms with E-state index in [9.17, 15) is 0 Å². The van der Waals surface area contributed by atoms with Crippen LogP contribution >= 0.6 is 11.6 Å². The maximum absolute atomic E-state index is 5.68. The first-order valence-electron chi connectivity index (χ1n) is 3.65. The van der Waals surface area contributed by atoms with Gasteiger partial charge < -0.3 is 5.32 Å². The Bertz CT molecular complexity index is 225. The highest BCUT2D eigenvalue weighted by atomic mass is 35.5. The molecule has 0 amide bonds. The van der Waals surface area contributed by atoms with Gasteiger partial charge in [0.25, 0.3) is 0 Å². The molecule has 0 saturated carbocycles. The van der Waals surface area contributed by atoms with E-state index in [1.54, 1.807) is 6.07 Å². The van der Waals surface area contributed by atoms with Gasteiger partial charge >= 0.3 is 0 Å². The minimum atomic E-state index is 0.556. The van der Waals surface area contributed by atoms with E-state index in [0.717, 1.165) is 18.8 Å². The molecule has 11 heavy (non-hydrogen) atoms. The van der Waals surface area contributed by atoms with Gasteiger partial charge in [-0.1, -0.05) is 24.6 Å². The smallest absolute Gasteiger partial charge is 0.129 e. The minimum Gasteiger partial charge on any atom is -0.311 e. The van der Waals surface area contributed by atoms with Gasteiger partial charge in [-0.2, -0.15) is 0 Å². The molecule has 1 aromatic heterocycles. The summed E-state index contributed by atoms with van der Waals surface area (Å²) in [7, 11) is 0. The van der Waals surface area contributed by atoms with Crippen LogP contribution in [0.3, 0.4) is 0 Å².